The Kier molecular flexibility index (Phi) is 17.2. The lowest BCUT2D eigenvalue weighted by Gasteiger charge is -2.35. The Morgan fingerprint density at radius 3 is 2.17 bits per heavy atom. The number of alkyl halides is 3. The first-order chi connectivity index (χ1) is 38.0. The minimum atomic E-state index is -4.88. The highest BCUT2D eigenvalue weighted by atomic mass is 32.2. The average molecular weight is 1140 g/mol. The molecule has 0 radical (unpaired) electrons. The Balaban J connectivity index is 0.765. The molecule has 5 heterocycles. The number of nitrogens with zero attached hydrogens (tertiary/aromatic N) is 5. The van der Waals surface area contributed by atoms with Gasteiger partial charge in [0.2, 0.25) is 27.7 Å². The standard InChI is InChI=1S/C59H66F3N7O9S2/c1-36(38-11-13-41(14-12-38)54-37(2)64-35-79-54)65-56(73)47-30-45(71)32-68(47)57(74)55(58(3,4)5)66-50(72)10-8-6-7-9-29-77-46-25-21-43(22-26-46)69(33-59(60,61)62)80(75,76)49-31-48-51(39-17-23-44(70)24-18-39)52(53(49)78-48)40-15-19-42(20-16-40)67-28-27-63-34-67/h11-28,34-36,45,47-49,53,55,70-71H,6-10,29-33H2,1-5H3,(H,65,73)(H,66,72)/t36-,45+,47-,48?,49?,53?,55+/m0/s1. The number of thiazole rings is 1. The van der Waals surface area contributed by atoms with Crippen LogP contribution in [0.2, 0.25) is 0 Å². The molecule has 0 saturated carbocycles. The number of phenols is 1. The van der Waals surface area contributed by atoms with Crippen molar-refractivity contribution in [2.24, 2.45) is 5.41 Å². The number of fused-ring (bicyclic) bond motifs is 2. The zero-order chi connectivity index (χ0) is 57.1. The minimum absolute atomic E-state index is 0.0371. The molecule has 21 heteroatoms. The summed E-state index contributed by atoms with van der Waals surface area (Å²) in [5.74, 6) is -0.815. The van der Waals surface area contributed by atoms with E-state index >= 15 is 0 Å². The second-order valence-electron chi connectivity index (χ2n) is 21.8. The molecule has 2 bridgehead atoms. The fourth-order valence-corrected chi connectivity index (χ4v) is 13.6. The normalized spacial score (nSPS) is 20.0. The number of unbranched alkanes of at least 4 members (excludes halogenated alkanes) is 3. The predicted molar refractivity (Wildman–Crippen MR) is 299 cm³/mol. The summed E-state index contributed by atoms with van der Waals surface area (Å²) in [4.78, 5) is 52.1. The summed E-state index contributed by atoms with van der Waals surface area (Å²) < 4.78 is 86.7. The number of aromatic nitrogens is 3. The molecule has 3 aliphatic heterocycles. The monoisotopic (exact) mass is 1140 g/mol. The summed E-state index contributed by atoms with van der Waals surface area (Å²) in [7, 11) is -4.72. The summed E-state index contributed by atoms with van der Waals surface area (Å²) >= 11 is 1.55. The van der Waals surface area contributed by atoms with E-state index in [0.717, 1.165) is 27.4 Å². The van der Waals surface area contributed by atoms with E-state index < -0.39 is 75.6 Å². The van der Waals surface area contributed by atoms with Crippen molar-refractivity contribution in [3.8, 4) is 27.6 Å². The summed E-state index contributed by atoms with van der Waals surface area (Å²) in [6.45, 7) is 7.73. The zero-order valence-electron chi connectivity index (χ0n) is 45.1. The smallest absolute Gasteiger partial charge is 0.407 e. The number of aromatic hydroxyl groups is 1. The van der Waals surface area contributed by atoms with Crippen LogP contribution in [-0.4, -0.2) is 117 Å². The molecule has 3 aliphatic rings. The van der Waals surface area contributed by atoms with Crippen LogP contribution in [-0.2, 0) is 29.1 Å². The van der Waals surface area contributed by atoms with E-state index in [1.165, 1.54) is 41.3 Å². The van der Waals surface area contributed by atoms with Gasteiger partial charge in [0.05, 0.1) is 53.0 Å². The fourth-order valence-electron chi connectivity index (χ4n) is 10.8. The zero-order valence-corrected chi connectivity index (χ0v) is 46.7. The van der Waals surface area contributed by atoms with Crippen LogP contribution in [0.5, 0.6) is 11.5 Å². The number of anilines is 1. The Bertz CT molecular complexity index is 3280. The van der Waals surface area contributed by atoms with E-state index in [-0.39, 0.29) is 55.8 Å². The number of nitrogens with one attached hydrogen (secondary N) is 2. The van der Waals surface area contributed by atoms with Gasteiger partial charge in [-0.1, -0.05) is 82.1 Å². The molecule has 9 rings (SSSR count). The first-order valence-corrected chi connectivity index (χ1v) is 29.1. The number of amides is 3. The van der Waals surface area contributed by atoms with Crippen molar-refractivity contribution in [3.05, 3.63) is 144 Å². The number of imidazole rings is 1. The van der Waals surface area contributed by atoms with Crippen molar-refractivity contribution in [1.29, 1.82) is 0 Å². The number of carbonyl (C=O) groups excluding carboxylic acids is 3. The van der Waals surface area contributed by atoms with Crippen molar-refractivity contribution >= 4 is 55.9 Å². The van der Waals surface area contributed by atoms with Crippen molar-refractivity contribution in [2.45, 2.75) is 127 Å². The van der Waals surface area contributed by atoms with Gasteiger partial charge in [0.25, 0.3) is 0 Å². The highest BCUT2D eigenvalue weighted by molar-refractivity contribution is 7.93. The van der Waals surface area contributed by atoms with Crippen LogP contribution in [0.25, 0.3) is 27.3 Å². The lowest BCUT2D eigenvalue weighted by atomic mass is 9.83. The molecule has 2 saturated heterocycles. The number of likely N-dealkylation sites (tertiary alicyclic amines) is 1. The number of phenolic OH excluding ortho intramolecular Hbond substituents is 1. The highest BCUT2D eigenvalue weighted by Crippen LogP contribution is 2.52. The third-order valence-electron chi connectivity index (χ3n) is 14.9. The number of aliphatic hydroxyl groups is 1. The van der Waals surface area contributed by atoms with Gasteiger partial charge in [0.1, 0.15) is 41.5 Å². The number of aliphatic hydroxyl groups excluding tert-OH is 1. The maximum Gasteiger partial charge on any atom is 0.407 e. The van der Waals surface area contributed by atoms with Gasteiger partial charge in [-0.25, -0.2) is 18.4 Å². The van der Waals surface area contributed by atoms with Crippen LogP contribution in [0.15, 0.2) is 121 Å². The van der Waals surface area contributed by atoms with Crippen LogP contribution in [0.1, 0.15) is 101 Å². The van der Waals surface area contributed by atoms with E-state index in [1.807, 2.05) is 83.1 Å². The summed E-state index contributed by atoms with van der Waals surface area (Å²) in [5.41, 5.74) is 7.10. The number of rotatable bonds is 21. The number of carbonyl (C=O) groups is 3. The number of ether oxygens (including phenoxy) is 2. The molecule has 4 aromatic carbocycles. The number of halogens is 3. The largest absolute Gasteiger partial charge is 0.508 e. The number of hydrogen-bond acceptors (Lipinski definition) is 12. The molecular formula is C59H66F3N7O9S2. The maximum absolute atomic E-state index is 14.6. The second-order valence-corrected chi connectivity index (χ2v) is 24.7. The quantitative estimate of drug-likeness (QED) is 0.0500. The highest BCUT2D eigenvalue weighted by Gasteiger charge is 2.55. The van der Waals surface area contributed by atoms with Gasteiger partial charge in [-0.05, 0) is 120 Å². The van der Waals surface area contributed by atoms with E-state index in [9.17, 15) is 46.2 Å². The van der Waals surface area contributed by atoms with Gasteiger partial charge in [-0.15, -0.1) is 11.3 Å². The van der Waals surface area contributed by atoms with Gasteiger partial charge in [-0.2, -0.15) is 13.2 Å². The molecule has 424 valence electrons. The Labute approximate surface area is 467 Å². The van der Waals surface area contributed by atoms with E-state index in [4.69, 9.17) is 9.47 Å². The SMILES string of the molecule is Cc1ncsc1-c1ccc([C@H](C)NC(=O)[C@@H]2C[C@@H](O)CN2C(=O)[C@@H](NC(=O)CCCCCCOc2ccc(N(CC(F)(F)F)S(=O)(=O)C3CC4OC3C(c3ccc(-n5ccnc5)cc3)=C4c3ccc(O)cc3)cc2)C(C)(C)C)cc1. The number of aryl methyl sites for hydroxylation is 1. The molecular weight excluding hydrogens is 1070 g/mol. The second kappa shape index (κ2) is 23.9. The van der Waals surface area contributed by atoms with Crippen LogP contribution >= 0.6 is 11.3 Å². The Hall–Kier alpha value is -7.07. The van der Waals surface area contributed by atoms with Gasteiger partial charge < -0.3 is 39.8 Å². The molecule has 16 nitrogen and oxygen atoms in total. The molecule has 2 fully saturated rings. The van der Waals surface area contributed by atoms with Crippen molar-refractivity contribution in [3.63, 3.8) is 0 Å². The number of sulfonamides is 1. The maximum atomic E-state index is 14.6. The summed E-state index contributed by atoms with van der Waals surface area (Å²) in [6.07, 6.45) is -0.0752. The van der Waals surface area contributed by atoms with Crippen LogP contribution in [0.4, 0.5) is 18.9 Å². The molecule has 0 spiro atoms. The van der Waals surface area contributed by atoms with Crippen LogP contribution in [0.3, 0.4) is 0 Å². The number of β-amino-alcohol motifs (C(OH)–C–C–N with tert-alkyl or cyclic N) is 1. The molecule has 7 atom stereocenters. The Morgan fingerprint density at radius 2 is 1.54 bits per heavy atom. The van der Waals surface area contributed by atoms with Crippen molar-refractivity contribution in [1.82, 2.24) is 30.1 Å². The predicted octanol–water partition coefficient (Wildman–Crippen LogP) is 9.56. The molecule has 3 unspecified atom stereocenters. The molecule has 0 aliphatic carbocycles. The molecule has 4 N–H and O–H groups in total. The summed E-state index contributed by atoms with van der Waals surface area (Å²) in [6, 6.07) is 24.7. The first-order valence-electron chi connectivity index (χ1n) is 26.7. The van der Waals surface area contributed by atoms with Crippen LogP contribution < -0.4 is 19.7 Å². The van der Waals surface area contributed by atoms with Gasteiger partial charge in [0, 0.05) is 37.5 Å². The van der Waals surface area contributed by atoms with Crippen LogP contribution in [0, 0.1) is 12.3 Å². The number of benzene rings is 4. The molecule has 2 aromatic heterocycles. The van der Waals surface area contributed by atoms with Crippen molar-refractivity contribution < 1.29 is 55.7 Å². The summed E-state index contributed by atoms with van der Waals surface area (Å²) in [5, 5.41) is 25.3. The van der Waals surface area contributed by atoms with E-state index in [1.54, 1.807) is 52.3 Å². The third-order valence-corrected chi connectivity index (χ3v) is 18.1. The molecule has 80 heavy (non-hydrogen) atoms. The lowest BCUT2D eigenvalue weighted by molar-refractivity contribution is -0.144. The molecule has 6 aromatic rings. The molecule has 3 amide bonds. The Morgan fingerprint density at radius 1 is 0.875 bits per heavy atom. The van der Waals surface area contributed by atoms with E-state index in [2.05, 4.69) is 20.6 Å². The van der Waals surface area contributed by atoms with Gasteiger partial charge in [0.15, 0.2) is 0 Å². The minimum Gasteiger partial charge on any atom is -0.508 e. The first kappa shape index (κ1) is 57.6. The van der Waals surface area contributed by atoms with E-state index in [0.29, 0.717) is 58.0 Å². The average Bonchev–Trinajstić information content (AvgIpc) is 4.44. The number of hydrogen-bond donors (Lipinski definition) is 4. The third kappa shape index (κ3) is 13.1. The topological polar surface area (TPSA) is 206 Å². The van der Waals surface area contributed by atoms with Crippen molar-refractivity contribution in [2.75, 3.05) is 24.0 Å². The lowest BCUT2D eigenvalue weighted by Crippen LogP contribution is -2.57. The van der Waals surface area contributed by atoms with Gasteiger partial charge >= 0.3 is 6.18 Å². The van der Waals surface area contributed by atoms with Gasteiger partial charge in [-0.3, -0.25) is 18.7 Å². The fraction of sp³-hybridized carbons (Fsp3) is 0.407.